The molecule has 0 aliphatic heterocycles. The van der Waals surface area contributed by atoms with Crippen molar-refractivity contribution in [3.05, 3.63) is 34.9 Å². The summed E-state index contributed by atoms with van der Waals surface area (Å²) >= 11 is 0. The van der Waals surface area contributed by atoms with Gasteiger partial charge in [-0.3, -0.25) is 0 Å². The molecule has 0 bridgehead atoms. The molecule has 0 spiro atoms. The quantitative estimate of drug-likeness (QED) is 0.657. The molecule has 0 unspecified atom stereocenters. The Balaban J connectivity index is 2.89. The molecule has 78 valence electrons. The number of hydrogen-bond acceptors (Lipinski definition) is 0. The van der Waals surface area contributed by atoms with Crippen LogP contribution in [0.3, 0.4) is 0 Å². The van der Waals surface area contributed by atoms with Gasteiger partial charge in [-0.25, -0.2) is 0 Å². The van der Waals surface area contributed by atoms with Crippen LogP contribution < -0.4 is 0 Å². The smallest absolute Gasteiger partial charge is 0.0190 e. The molecule has 1 atom stereocenters. The lowest BCUT2D eigenvalue weighted by atomic mass is 9.92. The average molecular weight is 190 g/mol. The third kappa shape index (κ3) is 2.60. The minimum atomic E-state index is 0.700. The highest BCUT2D eigenvalue weighted by Crippen LogP contribution is 2.23. The van der Waals surface area contributed by atoms with E-state index in [0.717, 1.165) is 0 Å². The minimum absolute atomic E-state index is 0.700. The van der Waals surface area contributed by atoms with E-state index < -0.39 is 0 Å². The average Bonchev–Trinajstić information content (AvgIpc) is 2.17. The number of aryl methyl sites for hydroxylation is 2. The Morgan fingerprint density at radius 1 is 1.21 bits per heavy atom. The van der Waals surface area contributed by atoms with Crippen molar-refractivity contribution in [3.8, 4) is 0 Å². The van der Waals surface area contributed by atoms with E-state index >= 15 is 0 Å². The fourth-order valence-corrected chi connectivity index (χ4v) is 1.95. The van der Waals surface area contributed by atoms with Crippen molar-refractivity contribution in [2.24, 2.45) is 0 Å². The van der Waals surface area contributed by atoms with Gasteiger partial charge in [-0.2, -0.15) is 0 Å². The standard InChI is InChI=1S/C14H22/c1-5-7-13-8-9-14(11(3)6-2)12(4)10-13/h8-11H,5-7H2,1-4H3/t11-/m0/s1. The van der Waals surface area contributed by atoms with Crippen LogP contribution in [0.2, 0.25) is 0 Å². The Hall–Kier alpha value is -0.780. The molecule has 1 aromatic rings. The van der Waals surface area contributed by atoms with Crippen molar-refractivity contribution in [2.75, 3.05) is 0 Å². The molecule has 0 aliphatic rings. The van der Waals surface area contributed by atoms with Crippen LogP contribution in [-0.2, 0) is 6.42 Å². The van der Waals surface area contributed by atoms with Crippen molar-refractivity contribution in [2.45, 2.75) is 52.9 Å². The number of rotatable bonds is 4. The third-order valence-electron chi connectivity index (χ3n) is 3.02. The second kappa shape index (κ2) is 5.19. The molecule has 0 saturated heterocycles. The molecule has 14 heavy (non-hydrogen) atoms. The van der Waals surface area contributed by atoms with Crippen molar-refractivity contribution in [1.29, 1.82) is 0 Å². The Bertz CT molecular complexity index is 286. The lowest BCUT2D eigenvalue weighted by molar-refractivity contribution is 0.727. The van der Waals surface area contributed by atoms with Gasteiger partial charge in [0.2, 0.25) is 0 Å². The molecular weight excluding hydrogens is 168 g/mol. The second-order valence-electron chi connectivity index (χ2n) is 4.25. The predicted octanol–water partition coefficient (Wildman–Crippen LogP) is 4.46. The first-order valence-corrected chi connectivity index (χ1v) is 5.78. The molecular formula is C14H22. The van der Waals surface area contributed by atoms with E-state index in [-0.39, 0.29) is 0 Å². The maximum absolute atomic E-state index is 2.35. The highest BCUT2D eigenvalue weighted by molar-refractivity contribution is 5.33. The van der Waals surface area contributed by atoms with Gasteiger partial charge >= 0.3 is 0 Å². The van der Waals surface area contributed by atoms with Crippen LogP contribution in [0.5, 0.6) is 0 Å². The second-order valence-corrected chi connectivity index (χ2v) is 4.25. The fraction of sp³-hybridized carbons (Fsp3) is 0.571. The van der Waals surface area contributed by atoms with E-state index in [4.69, 9.17) is 0 Å². The van der Waals surface area contributed by atoms with Crippen LogP contribution >= 0.6 is 0 Å². The molecule has 0 aliphatic carbocycles. The highest BCUT2D eigenvalue weighted by atomic mass is 14.1. The van der Waals surface area contributed by atoms with Gasteiger partial charge in [0.25, 0.3) is 0 Å². The van der Waals surface area contributed by atoms with Crippen LogP contribution in [0.25, 0.3) is 0 Å². The SMILES string of the molecule is CCCc1ccc([C@@H](C)CC)c(C)c1. The first-order valence-electron chi connectivity index (χ1n) is 5.78. The van der Waals surface area contributed by atoms with Gasteiger partial charge in [0.1, 0.15) is 0 Å². The van der Waals surface area contributed by atoms with Gasteiger partial charge in [-0.15, -0.1) is 0 Å². The van der Waals surface area contributed by atoms with Crippen LogP contribution in [0, 0.1) is 6.92 Å². The molecule has 1 rings (SSSR count). The molecule has 0 amide bonds. The summed E-state index contributed by atoms with van der Waals surface area (Å²) in [5, 5.41) is 0. The van der Waals surface area contributed by atoms with Crippen molar-refractivity contribution in [3.63, 3.8) is 0 Å². The topological polar surface area (TPSA) is 0 Å². The summed E-state index contributed by atoms with van der Waals surface area (Å²) in [5.41, 5.74) is 4.47. The maximum Gasteiger partial charge on any atom is -0.0190 e. The van der Waals surface area contributed by atoms with Gasteiger partial charge in [0.15, 0.2) is 0 Å². The van der Waals surface area contributed by atoms with Crippen LogP contribution in [0.15, 0.2) is 18.2 Å². The Morgan fingerprint density at radius 3 is 2.43 bits per heavy atom. The summed E-state index contributed by atoms with van der Waals surface area (Å²) in [4.78, 5) is 0. The third-order valence-corrected chi connectivity index (χ3v) is 3.02. The molecule has 0 nitrogen and oxygen atoms in total. The van der Waals surface area contributed by atoms with Gasteiger partial charge in [0.05, 0.1) is 0 Å². The highest BCUT2D eigenvalue weighted by Gasteiger charge is 2.06. The zero-order chi connectivity index (χ0) is 10.6. The first kappa shape index (κ1) is 11.3. The van der Waals surface area contributed by atoms with Gasteiger partial charge in [0, 0.05) is 0 Å². The molecule has 0 fully saturated rings. The molecule has 0 heterocycles. The lowest BCUT2D eigenvalue weighted by Crippen LogP contribution is -1.96. The number of hydrogen-bond donors (Lipinski definition) is 0. The Labute approximate surface area is 88.4 Å². The summed E-state index contributed by atoms with van der Waals surface area (Å²) in [6, 6.07) is 6.96. The van der Waals surface area contributed by atoms with E-state index in [2.05, 4.69) is 45.9 Å². The van der Waals surface area contributed by atoms with Gasteiger partial charge in [-0.1, -0.05) is 45.4 Å². The zero-order valence-electron chi connectivity index (χ0n) is 9.93. The van der Waals surface area contributed by atoms with E-state index in [1.807, 2.05) is 0 Å². The van der Waals surface area contributed by atoms with E-state index in [9.17, 15) is 0 Å². The largest absolute Gasteiger partial charge is 0.0651 e. The Kier molecular flexibility index (Phi) is 4.19. The monoisotopic (exact) mass is 190 g/mol. The normalized spacial score (nSPS) is 12.9. The zero-order valence-corrected chi connectivity index (χ0v) is 9.93. The summed E-state index contributed by atoms with van der Waals surface area (Å²) in [6.45, 7) is 9.03. The molecule has 0 N–H and O–H groups in total. The van der Waals surface area contributed by atoms with Crippen LogP contribution in [-0.4, -0.2) is 0 Å². The molecule has 0 saturated carbocycles. The van der Waals surface area contributed by atoms with Crippen molar-refractivity contribution < 1.29 is 0 Å². The van der Waals surface area contributed by atoms with E-state index in [1.165, 1.54) is 36.0 Å². The number of benzene rings is 1. The summed E-state index contributed by atoms with van der Waals surface area (Å²) in [7, 11) is 0. The summed E-state index contributed by atoms with van der Waals surface area (Å²) in [5.74, 6) is 0.700. The van der Waals surface area contributed by atoms with Crippen LogP contribution in [0.1, 0.15) is 56.2 Å². The lowest BCUT2D eigenvalue weighted by Gasteiger charge is -2.13. The minimum Gasteiger partial charge on any atom is -0.0651 e. The predicted molar refractivity (Wildman–Crippen MR) is 63.9 cm³/mol. The summed E-state index contributed by atoms with van der Waals surface area (Å²) < 4.78 is 0. The maximum atomic E-state index is 2.35. The Morgan fingerprint density at radius 2 is 1.93 bits per heavy atom. The molecule has 0 radical (unpaired) electrons. The van der Waals surface area contributed by atoms with Crippen molar-refractivity contribution in [1.82, 2.24) is 0 Å². The first-order chi connectivity index (χ1) is 6.69. The molecule has 1 aromatic carbocycles. The molecule has 0 heteroatoms. The van der Waals surface area contributed by atoms with Gasteiger partial charge in [-0.05, 0) is 42.4 Å². The summed E-state index contributed by atoms with van der Waals surface area (Å²) in [6.07, 6.45) is 3.68. The van der Waals surface area contributed by atoms with Gasteiger partial charge < -0.3 is 0 Å². The van der Waals surface area contributed by atoms with E-state index in [1.54, 1.807) is 0 Å². The van der Waals surface area contributed by atoms with E-state index in [0.29, 0.717) is 5.92 Å². The van der Waals surface area contributed by atoms with Crippen molar-refractivity contribution >= 4 is 0 Å². The fourth-order valence-electron chi connectivity index (χ4n) is 1.95. The molecule has 0 aromatic heterocycles. The van der Waals surface area contributed by atoms with Crippen LogP contribution in [0.4, 0.5) is 0 Å².